The van der Waals surface area contributed by atoms with E-state index in [-0.39, 0.29) is 6.61 Å². The molecule has 0 aliphatic heterocycles. The van der Waals surface area contributed by atoms with Crippen LogP contribution >= 0.6 is 15.9 Å². The summed E-state index contributed by atoms with van der Waals surface area (Å²) >= 11 is 3.06. The third-order valence-corrected chi connectivity index (χ3v) is 3.21. The Hall–Kier alpha value is -1.88. The Labute approximate surface area is 118 Å². The van der Waals surface area contributed by atoms with Gasteiger partial charge in [-0.1, -0.05) is 18.2 Å². The van der Waals surface area contributed by atoms with E-state index < -0.39 is 11.7 Å². The molecule has 3 nitrogen and oxygen atoms in total. The highest BCUT2D eigenvalue weighted by Crippen LogP contribution is 2.22. The zero-order valence-electron chi connectivity index (χ0n) is 9.90. The summed E-state index contributed by atoms with van der Waals surface area (Å²) in [7, 11) is 0. The fourth-order valence-corrected chi connectivity index (χ4v) is 1.86. The number of amides is 1. The minimum absolute atomic E-state index is 0.153. The van der Waals surface area contributed by atoms with Gasteiger partial charge in [-0.05, 0) is 34.1 Å². The second-order valence-electron chi connectivity index (χ2n) is 3.89. The molecule has 0 aromatic heterocycles. The van der Waals surface area contributed by atoms with E-state index in [9.17, 15) is 9.18 Å². The van der Waals surface area contributed by atoms with Crippen LogP contribution in [0.25, 0.3) is 0 Å². The van der Waals surface area contributed by atoms with Crippen molar-refractivity contribution in [2.75, 3.05) is 0 Å². The molecule has 0 unspecified atom stereocenters. The number of ether oxygens (including phenoxy) is 1. The molecule has 2 N–H and O–H groups in total. The molecule has 19 heavy (non-hydrogen) atoms. The molecule has 0 bridgehead atoms. The average molecular weight is 324 g/mol. The second kappa shape index (κ2) is 5.84. The van der Waals surface area contributed by atoms with E-state index >= 15 is 0 Å². The smallest absolute Gasteiger partial charge is 0.249 e. The molecular formula is C14H11BrFNO2. The van der Waals surface area contributed by atoms with Gasteiger partial charge in [0.15, 0.2) is 0 Å². The first-order valence-corrected chi connectivity index (χ1v) is 6.33. The SMILES string of the molecule is NC(=O)c1ccccc1COc1ccc(Br)c(F)c1. The highest BCUT2D eigenvalue weighted by Gasteiger charge is 2.08. The molecule has 0 aliphatic rings. The van der Waals surface area contributed by atoms with Crippen molar-refractivity contribution in [2.24, 2.45) is 5.73 Å². The molecule has 0 radical (unpaired) electrons. The van der Waals surface area contributed by atoms with Crippen LogP contribution < -0.4 is 10.5 Å². The van der Waals surface area contributed by atoms with Gasteiger partial charge in [0.05, 0.1) is 4.47 Å². The predicted octanol–water partition coefficient (Wildman–Crippen LogP) is 3.27. The van der Waals surface area contributed by atoms with Gasteiger partial charge in [0.25, 0.3) is 0 Å². The zero-order valence-corrected chi connectivity index (χ0v) is 11.5. The molecule has 98 valence electrons. The van der Waals surface area contributed by atoms with Crippen LogP contribution in [0.5, 0.6) is 5.75 Å². The monoisotopic (exact) mass is 323 g/mol. The molecule has 2 aromatic carbocycles. The van der Waals surface area contributed by atoms with E-state index in [0.717, 1.165) is 0 Å². The quantitative estimate of drug-likeness (QED) is 0.938. The Morgan fingerprint density at radius 2 is 2.00 bits per heavy atom. The maximum atomic E-state index is 13.3. The first-order chi connectivity index (χ1) is 9.08. The maximum absolute atomic E-state index is 13.3. The van der Waals surface area contributed by atoms with Gasteiger partial charge in [-0.3, -0.25) is 4.79 Å². The van der Waals surface area contributed by atoms with Crippen molar-refractivity contribution in [3.05, 3.63) is 63.9 Å². The Morgan fingerprint density at radius 3 is 2.68 bits per heavy atom. The molecule has 0 saturated carbocycles. The fourth-order valence-electron chi connectivity index (χ4n) is 1.61. The summed E-state index contributed by atoms with van der Waals surface area (Å²) in [5.41, 5.74) is 6.33. The van der Waals surface area contributed by atoms with Crippen molar-refractivity contribution in [3.63, 3.8) is 0 Å². The number of hydrogen-bond donors (Lipinski definition) is 1. The van der Waals surface area contributed by atoms with Crippen molar-refractivity contribution in [3.8, 4) is 5.75 Å². The maximum Gasteiger partial charge on any atom is 0.249 e. The zero-order chi connectivity index (χ0) is 13.8. The van der Waals surface area contributed by atoms with E-state index in [0.29, 0.717) is 21.3 Å². The molecule has 0 spiro atoms. The molecule has 0 heterocycles. The van der Waals surface area contributed by atoms with Crippen LogP contribution in [0, 0.1) is 5.82 Å². The number of nitrogens with two attached hydrogens (primary N) is 1. The largest absolute Gasteiger partial charge is 0.489 e. The lowest BCUT2D eigenvalue weighted by atomic mass is 10.1. The normalized spacial score (nSPS) is 10.2. The van der Waals surface area contributed by atoms with Crippen LogP contribution in [-0.4, -0.2) is 5.91 Å². The minimum Gasteiger partial charge on any atom is -0.489 e. The van der Waals surface area contributed by atoms with Gasteiger partial charge >= 0.3 is 0 Å². The number of carbonyl (C=O) groups excluding carboxylic acids is 1. The fraction of sp³-hybridized carbons (Fsp3) is 0.0714. The lowest BCUT2D eigenvalue weighted by Gasteiger charge is -2.09. The average Bonchev–Trinajstić information content (AvgIpc) is 2.40. The number of hydrogen-bond acceptors (Lipinski definition) is 2. The van der Waals surface area contributed by atoms with Crippen molar-refractivity contribution in [2.45, 2.75) is 6.61 Å². The Bertz CT molecular complexity index is 616. The van der Waals surface area contributed by atoms with Gasteiger partial charge in [0.2, 0.25) is 5.91 Å². The van der Waals surface area contributed by atoms with Crippen LogP contribution in [0.4, 0.5) is 4.39 Å². The van der Waals surface area contributed by atoms with E-state index in [1.54, 1.807) is 36.4 Å². The summed E-state index contributed by atoms with van der Waals surface area (Å²) in [6, 6.07) is 11.4. The molecule has 2 rings (SSSR count). The molecule has 5 heteroatoms. The molecule has 0 fully saturated rings. The number of primary amides is 1. The van der Waals surface area contributed by atoms with Crippen molar-refractivity contribution < 1.29 is 13.9 Å². The molecule has 0 aliphatic carbocycles. The molecular weight excluding hydrogens is 313 g/mol. The van der Waals surface area contributed by atoms with Crippen LogP contribution in [0.15, 0.2) is 46.9 Å². The summed E-state index contributed by atoms with van der Waals surface area (Å²) in [5.74, 6) is -0.526. The van der Waals surface area contributed by atoms with Crippen LogP contribution in [-0.2, 0) is 6.61 Å². The first kappa shape index (κ1) is 13.5. The van der Waals surface area contributed by atoms with Gasteiger partial charge in [0.1, 0.15) is 18.2 Å². The predicted molar refractivity (Wildman–Crippen MR) is 73.4 cm³/mol. The van der Waals surface area contributed by atoms with Crippen LogP contribution in [0.1, 0.15) is 15.9 Å². The third kappa shape index (κ3) is 3.32. The number of benzene rings is 2. The van der Waals surface area contributed by atoms with Gasteiger partial charge in [-0.15, -0.1) is 0 Å². The Kier molecular flexibility index (Phi) is 4.16. The third-order valence-electron chi connectivity index (χ3n) is 2.57. The topological polar surface area (TPSA) is 52.3 Å². The van der Waals surface area contributed by atoms with Crippen LogP contribution in [0.3, 0.4) is 0 Å². The van der Waals surface area contributed by atoms with E-state index in [2.05, 4.69) is 15.9 Å². The Morgan fingerprint density at radius 1 is 1.26 bits per heavy atom. The number of rotatable bonds is 4. The van der Waals surface area contributed by atoms with E-state index in [1.807, 2.05) is 0 Å². The van der Waals surface area contributed by atoms with Crippen molar-refractivity contribution in [1.82, 2.24) is 0 Å². The Balaban J connectivity index is 2.14. The number of halogens is 2. The molecule has 1 amide bonds. The highest BCUT2D eigenvalue weighted by atomic mass is 79.9. The lowest BCUT2D eigenvalue weighted by molar-refractivity contribution is 0.0998. The van der Waals surface area contributed by atoms with Gasteiger partial charge < -0.3 is 10.5 Å². The lowest BCUT2D eigenvalue weighted by Crippen LogP contribution is -2.14. The van der Waals surface area contributed by atoms with Crippen molar-refractivity contribution in [1.29, 1.82) is 0 Å². The standard InChI is InChI=1S/C14H11BrFNO2/c15-12-6-5-10(7-13(12)16)19-8-9-3-1-2-4-11(9)14(17)18/h1-7H,8H2,(H2,17,18). The molecule has 0 atom stereocenters. The summed E-state index contributed by atoms with van der Waals surface area (Å²) in [6.45, 7) is 0.153. The first-order valence-electron chi connectivity index (χ1n) is 5.53. The second-order valence-corrected chi connectivity index (χ2v) is 4.74. The number of carbonyl (C=O) groups is 1. The molecule has 0 saturated heterocycles. The van der Waals surface area contributed by atoms with E-state index in [1.165, 1.54) is 6.07 Å². The van der Waals surface area contributed by atoms with Gasteiger partial charge in [-0.25, -0.2) is 4.39 Å². The highest BCUT2D eigenvalue weighted by molar-refractivity contribution is 9.10. The molecule has 2 aromatic rings. The van der Waals surface area contributed by atoms with Crippen LogP contribution in [0.2, 0.25) is 0 Å². The van der Waals surface area contributed by atoms with Gasteiger partial charge in [0, 0.05) is 17.2 Å². The summed E-state index contributed by atoms with van der Waals surface area (Å²) < 4.78 is 19.1. The summed E-state index contributed by atoms with van der Waals surface area (Å²) in [6.07, 6.45) is 0. The summed E-state index contributed by atoms with van der Waals surface area (Å²) in [5, 5.41) is 0. The van der Waals surface area contributed by atoms with Crippen molar-refractivity contribution >= 4 is 21.8 Å². The summed E-state index contributed by atoms with van der Waals surface area (Å²) in [4.78, 5) is 11.2. The van der Waals surface area contributed by atoms with E-state index in [4.69, 9.17) is 10.5 Å². The van der Waals surface area contributed by atoms with Gasteiger partial charge in [-0.2, -0.15) is 0 Å². The minimum atomic E-state index is -0.513.